The molecule has 0 fully saturated rings. The van der Waals surface area contributed by atoms with Crippen LogP contribution in [0.1, 0.15) is 17.0 Å². The maximum atomic E-state index is 12.5. The minimum Gasteiger partial charge on any atom is -0.435 e. The van der Waals surface area contributed by atoms with Crippen molar-refractivity contribution in [3.63, 3.8) is 0 Å². The lowest BCUT2D eigenvalue weighted by atomic mass is 10.2. The van der Waals surface area contributed by atoms with Crippen molar-refractivity contribution in [3.05, 3.63) is 35.2 Å². The Morgan fingerprint density at radius 2 is 1.83 bits per heavy atom. The minimum absolute atomic E-state index is 0.201. The highest BCUT2D eigenvalue weighted by Gasteiger charge is 2.15. The Balaban J connectivity index is 2.19. The van der Waals surface area contributed by atoms with Gasteiger partial charge in [0.05, 0.1) is 11.4 Å². The predicted octanol–water partition coefficient (Wildman–Crippen LogP) is 4.11. The summed E-state index contributed by atoms with van der Waals surface area (Å²) in [5.41, 5.74) is 1.62. The van der Waals surface area contributed by atoms with Crippen LogP contribution in [0, 0.1) is 13.8 Å². The van der Waals surface area contributed by atoms with E-state index in [0.717, 1.165) is 11.6 Å². The molecule has 126 valence electrons. The molecular weight excluding hydrogens is 320 g/mol. The second-order valence-electron chi connectivity index (χ2n) is 4.57. The van der Waals surface area contributed by atoms with Crippen molar-refractivity contribution in [2.24, 2.45) is 0 Å². The highest BCUT2D eigenvalue weighted by atomic mass is 19.3. The molecule has 2 rings (SSSR count). The number of rotatable bonds is 7. The molecule has 0 aliphatic heterocycles. The van der Waals surface area contributed by atoms with E-state index in [2.05, 4.69) is 19.9 Å². The summed E-state index contributed by atoms with van der Waals surface area (Å²) in [6, 6.07) is 3.50. The first kappa shape index (κ1) is 16.9. The second-order valence-corrected chi connectivity index (χ2v) is 4.57. The number of halogens is 4. The van der Waals surface area contributed by atoms with Crippen molar-refractivity contribution in [3.8, 4) is 11.5 Å². The number of hydrogen-bond acceptors (Lipinski definition) is 5. The van der Waals surface area contributed by atoms with Gasteiger partial charge in [-0.05, 0) is 26.0 Å². The van der Waals surface area contributed by atoms with Crippen LogP contribution in [0.4, 0.5) is 23.2 Å². The smallest absolute Gasteiger partial charge is 0.387 e. The number of nitrogens with one attached hydrogen (secondary N) is 1. The number of ether oxygens (including phenoxy) is 2. The molecule has 0 aliphatic carbocycles. The van der Waals surface area contributed by atoms with E-state index in [1.165, 1.54) is 12.1 Å². The number of alkyl halides is 4. The molecule has 0 radical (unpaired) electrons. The maximum Gasteiger partial charge on any atom is 0.387 e. The van der Waals surface area contributed by atoms with Crippen LogP contribution < -0.4 is 14.8 Å². The molecule has 0 amide bonds. The van der Waals surface area contributed by atoms with E-state index in [1.54, 1.807) is 13.8 Å². The average Bonchev–Trinajstić information content (AvgIpc) is 2.76. The fourth-order valence-corrected chi connectivity index (χ4v) is 1.96. The number of benzene rings is 1. The van der Waals surface area contributed by atoms with E-state index in [4.69, 9.17) is 4.52 Å². The molecule has 9 heteroatoms. The van der Waals surface area contributed by atoms with Crippen molar-refractivity contribution in [1.29, 1.82) is 0 Å². The Kier molecular flexibility index (Phi) is 5.30. The van der Waals surface area contributed by atoms with Crippen LogP contribution in [0.25, 0.3) is 0 Å². The van der Waals surface area contributed by atoms with E-state index in [1.807, 2.05) is 0 Å². The largest absolute Gasteiger partial charge is 0.435 e. The molecule has 0 atom stereocenters. The van der Waals surface area contributed by atoms with E-state index in [0.29, 0.717) is 11.5 Å². The van der Waals surface area contributed by atoms with Crippen molar-refractivity contribution in [1.82, 2.24) is 5.16 Å². The lowest BCUT2D eigenvalue weighted by molar-refractivity contribution is -0.0539. The van der Waals surface area contributed by atoms with Gasteiger partial charge in [0.15, 0.2) is 5.75 Å². The second kappa shape index (κ2) is 7.21. The van der Waals surface area contributed by atoms with Gasteiger partial charge in [-0.25, -0.2) is 0 Å². The number of aromatic nitrogens is 1. The van der Waals surface area contributed by atoms with Gasteiger partial charge in [0.2, 0.25) is 0 Å². The summed E-state index contributed by atoms with van der Waals surface area (Å²) < 4.78 is 62.8. The molecule has 1 heterocycles. The summed E-state index contributed by atoms with van der Waals surface area (Å²) in [5.74, 6) is 0.00688. The van der Waals surface area contributed by atoms with Crippen LogP contribution in [0.2, 0.25) is 0 Å². The quantitative estimate of drug-likeness (QED) is 0.773. The van der Waals surface area contributed by atoms with Gasteiger partial charge in [0, 0.05) is 18.2 Å². The fraction of sp³-hybridized carbons (Fsp3) is 0.357. The number of aryl methyl sites for hydroxylation is 2. The van der Waals surface area contributed by atoms with Gasteiger partial charge < -0.3 is 19.3 Å². The van der Waals surface area contributed by atoms with E-state index in [-0.39, 0.29) is 23.7 Å². The Morgan fingerprint density at radius 3 is 2.39 bits per heavy atom. The molecule has 1 aromatic heterocycles. The van der Waals surface area contributed by atoms with Gasteiger partial charge in [-0.15, -0.1) is 0 Å². The molecule has 0 saturated carbocycles. The van der Waals surface area contributed by atoms with Crippen LogP contribution in [0.3, 0.4) is 0 Å². The molecule has 23 heavy (non-hydrogen) atoms. The Labute approximate surface area is 129 Å². The van der Waals surface area contributed by atoms with Crippen molar-refractivity contribution < 1.29 is 31.6 Å². The average molecular weight is 334 g/mol. The SMILES string of the molecule is Cc1noc(C)c1CNc1ccc(OC(F)F)cc1OC(F)F. The van der Waals surface area contributed by atoms with Crippen molar-refractivity contribution >= 4 is 5.69 Å². The molecular formula is C14H14F4N2O3. The normalized spacial score (nSPS) is 11.1. The molecule has 0 bridgehead atoms. The lowest BCUT2D eigenvalue weighted by Crippen LogP contribution is -2.08. The van der Waals surface area contributed by atoms with Crippen LogP contribution in [-0.2, 0) is 6.54 Å². The summed E-state index contributed by atoms with van der Waals surface area (Å²) in [7, 11) is 0. The van der Waals surface area contributed by atoms with Gasteiger partial charge in [-0.2, -0.15) is 17.6 Å². The molecule has 0 spiro atoms. The third-order valence-electron chi connectivity index (χ3n) is 3.03. The highest BCUT2D eigenvalue weighted by molar-refractivity contribution is 5.59. The van der Waals surface area contributed by atoms with E-state index < -0.39 is 13.2 Å². The van der Waals surface area contributed by atoms with Gasteiger partial charge in [-0.3, -0.25) is 0 Å². The zero-order chi connectivity index (χ0) is 17.0. The summed E-state index contributed by atoms with van der Waals surface area (Å²) in [4.78, 5) is 0. The first-order valence-electron chi connectivity index (χ1n) is 6.56. The van der Waals surface area contributed by atoms with Crippen LogP contribution >= 0.6 is 0 Å². The number of nitrogens with zero attached hydrogens (tertiary/aromatic N) is 1. The summed E-state index contributed by atoms with van der Waals surface area (Å²) in [6.07, 6.45) is 0. The summed E-state index contributed by atoms with van der Waals surface area (Å²) in [5, 5.41) is 6.66. The van der Waals surface area contributed by atoms with Crippen LogP contribution in [-0.4, -0.2) is 18.4 Å². The maximum absolute atomic E-state index is 12.5. The van der Waals surface area contributed by atoms with E-state index in [9.17, 15) is 17.6 Å². The van der Waals surface area contributed by atoms with Gasteiger partial charge >= 0.3 is 13.2 Å². The summed E-state index contributed by atoms with van der Waals surface area (Å²) in [6.45, 7) is -2.46. The van der Waals surface area contributed by atoms with Crippen LogP contribution in [0.5, 0.6) is 11.5 Å². The first-order valence-corrected chi connectivity index (χ1v) is 6.56. The third kappa shape index (κ3) is 4.51. The molecule has 1 aromatic carbocycles. The Morgan fingerprint density at radius 1 is 1.13 bits per heavy atom. The first-order chi connectivity index (χ1) is 10.9. The molecule has 0 saturated heterocycles. The van der Waals surface area contributed by atoms with Crippen molar-refractivity contribution in [2.75, 3.05) is 5.32 Å². The molecule has 1 N–H and O–H groups in total. The molecule has 2 aromatic rings. The number of anilines is 1. The Hall–Kier alpha value is -2.45. The topological polar surface area (TPSA) is 56.5 Å². The molecule has 0 unspecified atom stereocenters. The molecule has 5 nitrogen and oxygen atoms in total. The highest BCUT2D eigenvalue weighted by Crippen LogP contribution is 2.32. The zero-order valence-electron chi connectivity index (χ0n) is 12.3. The predicted molar refractivity (Wildman–Crippen MR) is 73.0 cm³/mol. The zero-order valence-corrected chi connectivity index (χ0v) is 12.3. The van der Waals surface area contributed by atoms with Crippen LogP contribution in [0.15, 0.2) is 22.7 Å². The lowest BCUT2D eigenvalue weighted by Gasteiger charge is -2.14. The minimum atomic E-state index is -3.10. The summed E-state index contributed by atoms with van der Waals surface area (Å²) >= 11 is 0. The monoisotopic (exact) mass is 334 g/mol. The van der Waals surface area contributed by atoms with Gasteiger partial charge in [0.25, 0.3) is 0 Å². The van der Waals surface area contributed by atoms with E-state index >= 15 is 0 Å². The van der Waals surface area contributed by atoms with Gasteiger partial charge in [-0.1, -0.05) is 5.16 Å². The number of hydrogen-bond donors (Lipinski definition) is 1. The third-order valence-corrected chi connectivity index (χ3v) is 3.03. The van der Waals surface area contributed by atoms with Crippen molar-refractivity contribution in [2.45, 2.75) is 33.6 Å². The standard InChI is InChI=1S/C14H14F4N2O3/c1-7-10(8(2)23-20-7)6-19-11-4-3-9(21-13(15)16)5-12(11)22-14(17)18/h3-5,13-14,19H,6H2,1-2H3. The Bertz CT molecular complexity index is 642. The molecule has 0 aliphatic rings. The van der Waals surface area contributed by atoms with Gasteiger partial charge in [0.1, 0.15) is 11.5 Å². The fourth-order valence-electron chi connectivity index (χ4n) is 1.96.